The number of ketones is 1. The fourth-order valence-corrected chi connectivity index (χ4v) is 7.62. The summed E-state index contributed by atoms with van der Waals surface area (Å²) in [6.45, 7) is 2.10. The minimum Gasteiger partial charge on any atom is -0.290 e. The second kappa shape index (κ2) is 8.54. The normalized spacial score (nSPS) is 19.8. The van der Waals surface area contributed by atoms with Crippen LogP contribution in [0, 0.1) is 18.2 Å². The number of sulfonamides is 1. The molecular formula is C25H23FN6O3S2. The predicted molar refractivity (Wildman–Crippen MR) is 135 cm³/mol. The number of nitrogens with zero attached hydrogens (tertiary/aromatic N) is 6. The van der Waals surface area contributed by atoms with Gasteiger partial charge in [-0.1, -0.05) is 5.57 Å². The number of carbonyl (C=O) groups excluding carboxylic acids is 1. The number of benzene rings is 1. The van der Waals surface area contributed by atoms with Crippen LogP contribution in [0.3, 0.4) is 0 Å². The van der Waals surface area contributed by atoms with Crippen molar-refractivity contribution in [1.29, 1.82) is 0 Å². The highest BCUT2D eigenvalue weighted by atomic mass is 32.2. The highest BCUT2D eigenvalue weighted by Gasteiger charge is 2.52. The Bertz CT molecular complexity index is 1670. The second-order valence-corrected chi connectivity index (χ2v) is 12.5. The molecule has 4 aromatic rings. The lowest BCUT2D eigenvalue weighted by Gasteiger charge is -2.44. The van der Waals surface area contributed by atoms with Crippen molar-refractivity contribution in [2.24, 2.45) is 12.5 Å². The summed E-state index contributed by atoms with van der Waals surface area (Å²) in [5.41, 5.74) is 2.05. The van der Waals surface area contributed by atoms with E-state index in [-0.39, 0.29) is 36.1 Å². The van der Waals surface area contributed by atoms with Gasteiger partial charge < -0.3 is 0 Å². The lowest BCUT2D eigenvalue weighted by atomic mass is 9.66. The standard InChI is InChI=1S/C25H23FN6O3S2/c1-16-13-27-24(36-16)23(33)25-12-17-14-29-32(20-5-3-19(26)4-6-20)21(17)11-18(25)8-10-31(15-25)37(34,35)22-7-9-28-30(22)2/h3-7,9,11,13-14H,8,10,12,15H2,1-2H3. The molecule has 1 aromatic carbocycles. The van der Waals surface area contributed by atoms with Crippen molar-refractivity contribution in [1.82, 2.24) is 28.9 Å². The maximum absolute atomic E-state index is 14.1. The number of rotatable bonds is 5. The Morgan fingerprint density at radius 2 is 1.92 bits per heavy atom. The summed E-state index contributed by atoms with van der Waals surface area (Å²) >= 11 is 1.31. The minimum atomic E-state index is -3.89. The zero-order valence-corrected chi connectivity index (χ0v) is 21.8. The molecule has 0 amide bonds. The predicted octanol–water partition coefficient (Wildman–Crippen LogP) is 3.41. The fraction of sp³-hybridized carbons (Fsp3) is 0.280. The quantitative estimate of drug-likeness (QED) is 0.361. The molecule has 1 aliphatic heterocycles. The van der Waals surface area contributed by atoms with Crippen molar-refractivity contribution < 1.29 is 17.6 Å². The first-order valence-electron chi connectivity index (χ1n) is 11.7. The lowest BCUT2D eigenvalue weighted by molar-refractivity contribution is 0.0775. The van der Waals surface area contributed by atoms with Crippen molar-refractivity contribution in [2.45, 2.75) is 24.8 Å². The number of halogens is 1. The zero-order chi connectivity index (χ0) is 25.9. The van der Waals surface area contributed by atoms with Gasteiger partial charge in [-0.05, 0) is 61.7 Å². The Morgan fingerprint density at radius 1 is 1.14 bits per heavy atom. The maximum Gasteiger partial charge on any atom is 0.260 e. The molecule has 1 aliphatic carbocycles. The van der Waals surface area contributed by atoms with Gasteiger partial charge in [0.15, 0.2) is 10.0 Å². The molecule has 0 spiro atoms. The summed E-state index contributed by atoms with van der Waals surface area (Å²) in [5, 5.41) is 8.98. The molecule has 1 saturated heterocycles. The van der Waals surface area contributed by atoms with Gasteiger partial charge in [0.05, 0.1) is 29.2 Å². The van der Waals surface area contributed by atoms with Gasteiger partial charge in [0.1, 0.15) is 5.82 Å². The monoisotopic (exact) mass is 538 g/mol. The summed E-state index contributed by atoms with van der Waals surface area (Å²) in [6, 6.07) is 7.51. The molecule has 37 heavy (non-hydrogen) atoms. The smallest absolute Gasteiger partial charge is 0.260 e. The first kappa shape index (κ1) is 23.9. The summed E-state index contributed by atoms with van der Waals surface area (Å²) < 4.78 is 45.1. The van der Waals surface area contributed by atoms with Crippen molar-refractivity contribution in [2.75, 3.05) is 13.1 Å². The van der Waals surface area contributed by atoms with Gasteiger partial charge in [-0.15, -0.1) is 11.3 Å². The van der Waals surface area contributed by atoms with Crippen LogP contribution in [0.4, 0.5) is 4.39 Å². The molecule has 0 radical (unpaired) electrons. The molecule has 0 saturated carbocycles. The van der Waals surface area contributed by atoms with Crippen LogP contribution < -0.4 is 0 Å². The molecule has 0 N–H and O–H groups in total. The van der Waals surface area contributed by atoms with Crippen LogP contribution in [0.1, 0.15) is 32.4 Å². The van der Waals surface area contributed by atoms with E-state index in [4.69, 9.17) is 0 Å². The molecule has 1 fully saturated rings. The van der Waals surface area contributed by atoms with E-state index >= 15 is 0 Å². The third kappa shape index (κ3) is 3.78. The Hall–Kier alpha value is -3.48. The number of aromatic nitrogens is 5. The molecule has 6 rings (SSSR count). The SMILES string of the molecule is Cc1cnc(C(=O)C23Cc4cnn(-c5ccc(F)cc5)c4C=C2CCN(S(=O)(=O)c2ccnn2C)C3)s1. The van der Waals surface area contributed by atoms with Gasteiger partial charge in [-0.2, -0.15) is 14.5 Å². The van der Waals surface area contributed by atoms with Crippen LogP contribution >= 0.6 is 11.3 Å². The average molecular weight is 539 g/mol. The average Bonchev–Trinajstić information content (AvgIpc) is 3.62. The molecule has 2 aliphatic rings. The van der Waals surface area contributed by atoms with Gasteiger partial charge in [-0.25, -0.2) is 22.5 Å². The van der Waals surface area contributed by atoms with Crippen LogP contribution in [0.15, 0.2) is 59.5 Å². The number of thiazole rings is 1. The van der Waals surface area contributed by atoms with E-state index in [1.807, 2.05) is 13.0 Å². The molecule has 12 heteroatoms. The number of Topliss-reactive ketones (excluding diaryl/α,β-unsaturated/α-hetero) is 1. The Morgan fingerprint density at radius 3 is 2.59 bits per heavy atom. The maximum atomic E-state index is 14.1. The number of hydrogen-bond donors (Lipinski definition) is 0. The minimum absolute atomic E-state index is 0.00895. The van der Waals surface area contributed by atoms with Gasteiger partial charge in [0, 0.05) is 31.2 Å². The molecule has 190 valence electrons. The van der Waals surface area contributed by atoms with E-state index < -0.39 is 15.4 Å². The topological polar surface area (TPSA) is 103 Å². The molecule has 3 aromatic heterocycles. The summed E-state index contributed by atoms with van der Waals surface area (Å²) in [6.07, 6.45) is 7.40. The molecule has 1 unspecified atom stereocenters. The molecule has 9 nitrogen and oxygen atoms in total. The first-order chi connectivity index (χ1) is 17.7. The van der Waals surface area contributed by atoms with Crippen molar-refractivity contribution in [3.05, 3.63) is 81.5 Å². The lowest BCUT2D eigenvalue weighted by Crippen LogP contribution is -2.53. The number of piperidine rings is 1. The van der Waals surface area contributed by atoms with Crippen LogP contribution in [0.2, 0.25) is 0 Å². The third-order valence-corrected chi connectivity index (χ3v) is 9.91. The van der Waals surface area contributed by atoms with Crippen molar-refractivity contribution in [3.63, 3.8) is 0 Å². The van der Waals surface area contributed by atoms with Crippen LogP contribution in [0.5, 0.6) is 0 Å². The summed E-state index contributed by atoms with van der Waals surface area (Å²) in [7, 11) is -2.31. The van der Waals surface area contributed by atoms with Crippen molar-refractivity contribution >= 4 is 33.2 Å². The summed E-state index contributed by atoms with van der Waals surface area (Å²) in [5.74, 6) is -0.532. The van der Waals surface area contributed by atoms with E-state index in [1.165, 1.54) is 44.7 Å². The Kier molecular flexibility index (Phi) is 5.51. The summed E-state index contributed by atoms with van der Waals surface area (Å²) in [4.78, 5) is 19.4. The van der Waals surface area contributed by atoms with Gasteiger partial charge in [-0.3, -0.25) is 9.48 Å². The van der Waals surface area contributed by atoms with E-state index in [1.54, 1.807) is 36.3 Å². The molecule has 1 atom stereocenters. The number of fused-ring (bicyclic) bond motifs is 2. The van der Waals surface area contributed by atoms with E-state index in [9.17, 15) is 17.6 Å². The van der Waals surface area contributed by atoms with Gasteiger partial charge in [0.25, 0.3) is 10.0 Å². The van der Waals surface area contributed by atoms with Crippen molar-refractivity contribution in [3.8, 4) is 5.69 Å². The number of hydrogen-bond acceptors (Lipinski definition) is 7. The van der Waals surface area contributed by atoms with Crippen LogP contribution in [-0.4, -0.2) is 56.1 Å². The van der Waals surface area contributed by atoms with Gasteiger partial charge in [0.2, 0.25) is 5.78 Å². The fourth-order valence-electron chi connectivity index (χ4n) is 5.22. The highest BCUT2D eigenvalue weighted by Crippen LogP contribution is 2.47. The van der Waals surface area contributed by atoms with Crippen LogP contribution in [0.25, 0.3) is 11.8 Å². The van der Waals surface area contributed by atoms with E-state index in [2.05, 4.69) is 15.2 Å². The number of aryl methyl sites for hydroxylation is 2. The zero-order valence-electron chi connectivity index (χ0n) is 20.1. The largest absolute Gasteiger partial charge is 0.290 e. The molecular weight excluding hydrogens is 515 g/mol. The van der Waals surface area contributed by atoms with E-state index in [0.717, 1.165) is 21.7 Å². The third-order valence-electron chi connectivity index (χ3n) is 7.08. The highest BCUT2D eigenvalue weighted by molar-refractivity contribution is 7.89. The Balaban J connectivity index is 1.46. The molecule has 0 bridgehead atoms. The van der Waals surface area contributed by atoms with E-state index in [0.29, 0.717) is 17.1 Å². The van der Waals surface area contributed by atoms with Gasteiger partial charge >= 0.3 is 0 Å². The first-order valence-corrected chi connectivity index (χ1v) is 13.9. The number of carbonyl (C=O) groups is 1. The van der Waals surface area contributed by atoms with Crippen LogP contribution in [-0.2, 0) is 23.5 Å². The Labute approximate surface area is 216 Å². The second-order valence-electron chi connectivity index (χ2n) is 9.36. The molecule has 4 heterocycles.